The molecule has 27 heavy (non-hydrogen) atoms. The molecule has 2 aromatic carbocycles. The van der Waals surface area contributed by atoms with E-state index in [1.54, 1.807) is 13.8 Å². The van der Waals surface area contributed by atoms with Gasteiger partial charge in [-0.2, -0.15) is 0 Å². The van der Waals surface area contributed by atoms with Crippen molar-refractivity contribution < 1.29 is 23.9 Å². The van der Waals surface area contributed by atoms with Gasteiger partial charge in [0.15, 0.2) is 0 Å². The monoisotopic (exact) mass is 386 g/mol. The van der Waals surface area contributed by atoms with Crippen molar-refractivity contribution in [2.45, 2.75) is 26.0 Å². The highest BCUT2D eigenvalue weighted by atomic mass is 32.2. The molecule has 6 heteroatoms. The van der Waals surface area contributed by atoms with Gasteiger partial charge < -0.3 is 9.47 Å². The SMILES string of the molecule is CCOC(=O)C(=O)CC=C(SCc1ccc2ccccc2c1)C(=O)OCC. The van der Waals surface area contributed by atoms with E-state index in [0.717, 1.165) is 16.3 Å². The summed E-state index contributed by atoms with van der Waals surface area (Å²) in [7, 11) is 0. The second-order valence-electron chi connectivity index (χ2n) is 5.61. The normalized spacial score (nSPS) is 11.3. The zero-order valence-corrected chi connectivity index (χ0v) is 16.2. The van der Waals surface area contributed by atoms with Crippen LogP contribution in [0.2, 0.25) is 0 Å². The molecule has 2 rings (SSSR count). The number of rotatable bonds is 9. The molecule has 0 heterocycles. The molecular weight excluding hydrogens is 364 g/mol. The van der Waals surface area contributed by atoms with Crippen molar-refractivity contribution in [3.63, 3.8) is 0 Å². The van der Waals surface area contributed by atoms with Crippen molar-refractivity contribution >= 4 is 40.3 Å². The molecule has 0 radical (unpaired) electrons. The fourth-order valence-corrected chi connectivity index (χ4v) is 3.25. The number of carbonyl (C=O) groups excluding carboxylic acids is 3. The van der Waals surface area contributed by atoms with E-state index in [9.17, 15) is 14.4 Å². The average Bonchev–Trinajstić information content (AvgIpc) is 2.68. The van der Waals surface area contributed by atoms with E-state index < -0.39 is 17.7 Å². The Balaban J connectivity index is 2.08. The fourth-order valence-electron chi connectivity index (χ4n) is 2.37. The van der Waals surface area contributed by atoms with Gasteiger partial charge >= 0.3 is 11.9 Å². The van der Waals surface area contributed by atoms with Crippen LogP contribution >= 0.6 is 11.8 Å². The molecule has 0 fully saturated rings. The molecule has 0 atom stereocenters. The number of benzene rings is 2. The highest BCUT2D eigenvalue weighted by Gasteiger charge is 2.17. The fraction of sp³-hybridized carbons (Fsp3) is 0.286. The van der Waals surface area contributed by atoms with Crippen molar-refractivity contribution in [1.82, 2.24) is 0 Å². The van der Waals surface area contributed by atoms with E-state index in [1.165, 1.54) is 17.8 Å². The Bertz CT molecular complexity index is 857. The summed E-state index contributed by atoms with van der Waals surface area (Å²) in [5.74, 6) is -1.54. The Morgan fingerprint density at radius 2 is 1.59 bits per heavy atom. The maximum Gasteiger partial charge on any atom is 0.374 e. The highest BCUT2D eigenvalue weighted by Crippen LogP contribution is 2.25. The zero-order chi connectivity index (χ0) is 19.6. The van der Waals surface area contributed by atoms with Gasteiger partial charge in [-0.15, -0.1) is 11.8 Å². The second-order valence-corrected chi connectivity index (χ2v) is 6.62. The Morgan fingerprint density at radius 3 is 2.30 bits per heavy atom. The number of ketones is 1. The van der Waals surface area contributed by atoms with Crippen molar-refractivity contribution in [3.8, 4) is 0 Å². The Hall–Kier alpha value is -2.60. The summed E-state index contributed by atoms with van der Waals surface area (Å²) >= 11 is 1.28. The van der Waals surface area contributed by atoms with Gasteiger partial charge in [-0.3, -0.25) is 4.79 Å². The predicted octanol–water partition coefficient (Wildman–Crippen LogP) is 4.04. The number of fused-ring (bicyclic) bond motifs is 1. The third-order valence-electron chi connectivity index (χ3n) is 3.66. The Kier molecular flexibility index (Phi) is 8.07. The number of thioether (sulfide) groups is 1. The van der Waals surface area contributed by atoms with Crippen LogP contribution in [0.3, 0.4) is 0 Å². The lowest BCUT2D eigenvalue weighted by molar-refractivity contribution is -0.153. The maximum atomic E-state index is 12.1. The first-order valence-corrected chi connectivity index (χ1v) is 9.71. The van der Waals surface area contributed by atoms with E-state index in [4.69, 9.17) is 4.74 Å². The average molecular weight is 386 g/mol. The van der Waals surface area contributed by atoms with Crippen molar-refractivity contribution in [2.75, 3.05) is 13.2 Å². The summed E-state index contributed by atoms with van der Waals surface area (Å²) in [5.41, 5.74) is 1.05. The van der Waals surface area contributed by atoms with Crippen LogP contribution in [0.4, 0.5) is 0 Å². The van der Waals surface area contributed by atoms with Crippen molar-refractivity contribution in [1.29, 1.82) is 0 Å². The summed E-state index contributed by atoms with van der Waals surface area (Å²) < 4.78 is 9.72. The first-order valence-electron chi connectivity index (χ1n) is 8.72. The van der Waals surface area contributed by atoms with Crippen molar-refractivity contribution in [3.05, 3.63) is 59.0 Å². The number of carbonyl (C=O) groups is 3. The van der Waals surface area contributed by atoms with Gasteiger partial charge in [0.25, 0.3) is 0 Å². The third kappa shape index (κ3) is 6.25. The van der Waals surface area contributed by atoms with E-state index >= 15 is 0 Å². The minimum Gasteiger partial charge on any atom is -0.462 e. The largest absolute Gasteiger partial charge is 0.462 e. The zero-order valence-electron chi connectivity index (χ0n) is 15.4. The van der Waals surface area contributed by atoms with Crippen LogP contribution in [0, 0.1) is 0 Å². The van der Waals surface area contributed by atoms with Crippen LogP contribution in [0.5, 0.6) is 0 Å². The van der Waals surface area contributed by atoms with E-state index in [2.05, 4.69) is 10.8 Å². The molecule has 0 aliphatic carbocycles. The summed E-state index contributed by atoms with van der Waals surface area (Å²) in [6.07, 6.45) is 1.24. The van der Waals surface area contributed by atoms with Gasteiger partial charge in [-0.05, 0) is 30.2 Å². The summed E-state index contributed by atoms with van der Waals surface area (Å²) in [6, 6.07) is 14.1. The van der Waals surface area contributed by atoms with Gasteiger partial charge in [0.1, 0.15) is 0 Å². The number of Topliss-reactive ketones (excluding diaryl/α,β-unsaturated/α-hetero) is 1. The lowest BCUT2D eigenvalue weighted by Crippen LogP contribution is -2.16. The van der Waals surface area contributed by atoms with Gasteiger partial charge in [0.2, 0.25) is 5.78 Å². The number of ether oxygens (including phenoxy) is 2. The molecule has 0 aliphatic rings. The molecule has 2 aromatic rings. The number of hydrogen-bond acceptors (Lipinski definition) is 6. The van der Waals surface area contributed by atoms with Crippen LogP contribution in [-0.4, -0.2) is 30.9 Å². The van der Waals surface area contributed by atoms with Gasteiger partial charge in [-0.25, -0.2) is 9.59 Å². The molecule has 0 unspecified atom stereocenters. The van der Waals surface area contributed by atoms with Gasteiger partial charge in [-0.1, -0.05) is 48.5 Å². The third-order valence-corrected chi connectivity index (χ3v) is 4.78. The minimum atomic E-state index is -0.892. The number of hydrogen-bond donors (Lipinski definition) is 0. The summed E-state index contributed by atoms with van der Waals surface area (Å²) in [6.45, 7) is 3.71. The molecule has 0 spiro atoms. The minimum absolute atomic E-state index is 0.135. The van der Waals surface area contributed by atoms with Crippen LogP contribution in [0.1, 0.15) is 25.8 Å². The van der Waals surface area contributed by atoms with Crippen LogP contribution in [0.25, 0.3) is 10.8 Å². The molecule has 0 bridgehead atoms. The molecule has 0 saturated carbocycles. The maximum absolute atomic E-state index is 12.1. The number of esters is 2. The van der Waals surface area contributed by atoms with E-state index in [0.29, 0.717) is 10.7 Å². The first kappa shape index (κ1) is 20.7. The van der Waals surface area contributed by atoms with Gasteiger partial charge in [0, 0.05) is 12.2 Å². The second kappa shape index (κ2) is 10.5. The summed E-state index contributed by atoms with van der Waals surface area (Å²) in [4.78, 5) is 35.6. The molecule has 0 amide bonds. The smallest absolute Gasteiger partial charge is 0.374 e. The molecule has 0 N–H and O–H groups in total. The molecule has 0 saturated heterocycles. The molecule has 0 aliphatic heterocycles. The molecule has 0 aromatic heterocycles. The predicted molar refractivity (Wildman–Crippen MR) is 106 cm³/mol. The topological polar surface area (TPSA) is 69.7 Å². The Morgan fingerprint density at radius 1 is 0.926 bits per heavy atom. The van der Waals surface area contributed by atoms with Crippen LogP contribution in [-0.2, 0) is 29.6 Å². The van der Waals surface area contributed by atoms with Gasteiger partial charge in [0.05, 0.1) is 18.1 Å². The van der Waals surface area contributed by atoms with Crippen LogP contribution < -0.4 is 0 Å². The number of allylic oxidation sites excluding steroid dienone is 1. The standard InChI is InChI=1S/C21H22O5S/c1-3-25-20(23)18(22)11-12-19(21(24)26-4-2)27-14-15-9-10-16-7-5-6-8-17(16)13-15/h5-10,12-13H,3-4,11,14H2,1-2H3. The van der Waals surface area contributed by atoms with Crippen LogP contribution in [0.15, 0.2) is 53.4 Å². The quantitative estimate of drug-likeness (QED) is 0.368. The lowest BCUT2D eigenvalue weighted by atomic mass is 10.1. The molecular formula is C21H22O5S. The lowest BCUT2D eigenvalue weighted by Gasteiger charge is -2.08. The van der Waals surface area contributed by atoms with E-state index in [1.807, 2.05) is 36.4 Å². The first-order chi connectivity index (χ1) is 13.0. The van der Waals surface area contributed by atoms with Crippen molar-refractivity contribution in [2.24, 2.45) is 0 Å². The molecule has 5 nitrogen and oxygen atoms in total. The van der Waals surface area contributed by atoms with E-state index in [-0.39, 0.29) is 19.6 Å². The summed E-state index contributed by atoms with van der Waals surface area (Å²) in [5, 5.41) is 2.27. The molecule has 142 valence electrons. The Labute approximate surface area is 162 Å². The highest BCUT2D eigenvalue weighted by molar-refractivity contribution is 8.03.